The van der Waals surface area contributed by atoms with Crippen LogP contribution in [0.2, 0.25) is 0 Å². The lowest BCUT2D eigenvalue weighted by atomic mass is 10.1. The van der Waals surface area contributed by atoms with Gasteiger partial charge in [-0.2, -0.15) is 0 Å². The monoisotopic (exact) mass is 495 g/mol. The number of amides is 2. The van der Waals surface area contributed by atoms with Gasteiger partial charge in [0, 0.05) is 36.1 Å². The van der Waals surface area contributed by atoms with Gasteiger partial charge < -0.3 is 10.2 Å². The summed E-state index contributed by atoms with van der Waals surface area (Å²) in [6.07, 6.45) is -0.344. The van der Waals surface area contributed by atoms with Crippen LogP contribution < -0.4 is 15.7 Å². The molecule has 3 rings (SSSR count). The van der Waals surface area contributed by atoms with Gasteiger partial charge in [0.15, 0.2) is 9.84 Å². The molecule has 2 aromatic rings. The molecule has 2 aromatic carbocycles. The second-order valence-electron chi connectivity index (χ2n) is 6.94. The van der Waals surface area contributed by atoms with E-state index in [9.17, 15) is 18.0 Å². The Labute approximate surface area is 183 Å². The largest absolute Gasteiger partial charge is 0.369 e. The maximum Gasteiger partial charge on any atom is 0.251 e. The molecule has 160 valence electrons. The number of benzene rings is 2. The third-order valence-corrected chi connectivity index (χ3v) is 7.64. The van der Waals surface area contributed by atoms with Gasteiger partial charge in [-0.1, -0.05) is 28.1 Å². The Kier molecular flexibility index (Phi) is 6.79. The van der Waals surface area contributed by atoms with Crippen LogP contribution in [0.5, 0.6) is 0 Å². The summed E-state index contributed by atoms with van der Waals surface area (Å²) < 4.78 is 26.8. The van der Waals surface area contributed by atoms with Crippen LogP contribution in [0.25, 0.3) is 0 Å². The molecule has 3 N–H and O–H groups in total. The summed E-state index contributed by atoms with van der Waals surface area (Å²) in [5.74, 6) is -1.07. The van der Waals surface area contributed by atoms with E-state index >= 15 is 0 Å². The molecule has 0 fully saturated rings. The second-order valence-corrected chi connectivity index (χ2v) is 10.1. The Hall–Kier alpha value is -2.43. The Morgan fingerprint density at radius 1 is 1.23 bits per heavy atom. The smallest absolute Gasteiger partial charge is 0.251 e. The van der Waals surface area contributed by atoms with Crippen LogP contribution in [0, 0.1) is 0 Å². The first-order valence-electron chi connectivity index (χ1n) is 9.34. The first-order chi connectivity index (χ1) is 14.3. The first-order valence-corrected chi connectivity index (χ1v) is 11.7. The fraction of sp³-hybridized carbons (Fsp3) is 0.300. The van der Waals surface area contributed by atoms with Crippen LogP contribution in [-0.2, 0) is 21.2 Å². The Morgan fingerprint density at radius 2 is 2.00 bits per heavy atom. The predicted octanol–water partition coefficient (Wildman–Crippen LogP) is 2.26. The summed E-state index contributed by atoms with van der Waals surface area (Å²) in [5.41, 5.74) is 3.20. The second kappa shape index (κ2) is 9.15. The van der Waals surface area contributed by atoms with E-state index in [1.807, 2.05) is 36.1 Å². The van der Waals surface area contributed by atoms with Gasteiger partial charge >= 0.3 is 0 Å². The summed E-state index contributed by atoms with van der Waals surface area (Å²) >= 11 is 3.39. The molecule has 0 aliphatic carbocycles. The Bertz CT molecular complexity index is 1070. The minimum Gasteiger partial charge on any atom is -0.369 e. The number of rotatable bonds is 6. The van der Waals surface area contributed by atoms with E-state index < -0.39 is 21.0 Å². The summed E-state index contributed by atoms with van der Waals surface area (Å²) in [7, 11) is -3.78. The van der Waals surface area contributed by atoms with Crippen molar-refractivity contribution in [2.24, 2.45) is 0 Å². The fourth-order valence-electron chi connectivity index (χ4n) is 3.43. The molecule has 8 nitrogen and oxygen atoms in total. The highest BCUT2D eigenvalue weighted by atomic mass is 79.9. The maximum atomic E-state index is 12.9. The van der Waals surface area contributed by atoms with E-state index in [0.29, 0.717) is 24.3 Å². The van der Waals surface area contributed by atoms with Crippen molar-refractivity contribution in [1.82, 2.24) is 10.8 Å². The number of nitrogens with one attached hydrogen (secondary N) is 2. The van der Waals surface area contributed by atoms with Crippen LogP contribution in [0.3, 0.4) is 0 Å². The van der Waals surface area contributed by atoms with Crippen LogP contribution in [0.1, 0.15) is 29.3 Å². The molecule has 0 spiro atoms. The minimum atomic E-state index is -3.78. The summed E-state index contributed by atoms with van der Waals surface area (Å²) in [6, 6.07) is 12.0. The third kappa shape index (κ3) is 4.66. The van der Waals surface area contributed by atoms with Crippen molar-refractivity contribution in [2.75, 3.05) is 18.0 Å². The number of hydrogen-bond donors (Lipinski definition) is 3. The number of halogens is 1. The first kappa shape index (κ1) is 22.3. The number of hydrogen-bond acceptors (Lipinski definition) is 6. The number of hydroxylamine groups is 1. The summed E-state index contributed by atoms with van der Waals surface area (Å²) in [4.78, 5) is 26.0. The average molecular weight is 496 g/mol. The molecular formula is C20H22BrN3O5S. The van der Waals surface area contributed by atoms with Gasteiger partial charge in [0.05, 0.1) is 15.8 Å². The van der Waals surface area contributed by atoms with Gasteiger partial charge in [0.25, 0.3) is 5.91 Å². The van der Waals surface area contributed by atoms with Gasteiger partial charge in [-0.05, 0) is 42.8 Å². The van der Waals surface area contributed by atoms with Gasteiger partial charge in [-0.3, -0.25) is 14.8 Å². The third-order valence-electron chi connectivity index (χ3n) is 4.99. The van der Waals surface area contributed by atoms with Crippen molar-refractivity contribution in [2.45, 2.75) is 30.0 Å². The van der Waals surface area contributed by atoms with E-state index in [1.54, 1.807) is 6.07 Å². The molecular weight excluding hydrogens is 474 g/mol. The molecule has 2 amide bonds. The molecule has 0 aromatic heterocycles. The van der Waals surface area contributed by atoms with Gasteiger partial charge in [-0.15, -0.1) is 0 Å². The molecule has 1 heterocycles. The lowest BCUT2D eigenvalue weighted by Gasteiger charge is -2.35. The highest BCUT2D eigenvalue weighted by molar-refractivity contribution is 9.10. The number of sulfone groups is 1. The van der Waals surface area contributed by atoms with E-state index in [-0.39, 0.29) is 23.8 Å². The zero-order valence-corrected chi connectivity index (χ0v) is 18.7. The molecule has 30 heavy (non-hydrogen) atoms. The molecule has 0 radical (unpaired) electrons. The molecule has 0 saturated carbocycles. The highest BCUT2D eigenvalue weighted by Crippen LogP contribution is 2.35. The van der Waals surface area contributed by atoms with E-state index in [2.05, 4.69) is 21.2 Å². The number of carbonyl (C=O) groups excluding carboxylic acids is 2. The zero-order valence-electron chi connectivity index (χ0n) is 16.3. The van der Waals surface area contributed by atoms with E-state index in [0.717, 1.165) is 10.0 Å². The quantitative estimate of drug-likeness (QED) is 0.418. The molecule has 0 saturated heterocycles. The maximum absolute atomic E-state index is 12.9. The van der Waals surface area contributed by atoms with Crippen LogP contribution in [0.15, 0.2) is 51.8 Å². The normalized spacial score (nSPS) is 17.2. The topological polar surface area (TPSA) is 116 Å². The molecule has 1 aliphatic rings. The Balaban J connectivity index is 1.84. The summed E-state index contributed by atoms with van der Waals surface area (Å²) in [6.45, 7) is 2.81. The SMILES string of the molecule is CCN1CC(CC(=O)NO)S(=O)(=O)c2ccc(C(=O)NCc3cccc(Br)c3)cc21. The molecule has 10 heteroatoms. The summed E-state index contributed by atoms with van der Waals surface area (Å²) in [5, 5.41) is 10.6. The number of carbonyl (C=O) groups is 2. The molecule has 1 atom stereocenters. The minimum absolute atomic E-state index is 0.0786. The molecule has 1 unspecified atom stereocenters. The number of nitrogens with zero attached hydrogens (tertiary/aromatic N) is 1. The van der Waals surface area contributed by atoms with Crippen LogP contribution >= 0.6 is 15.9 Å². The predicted molar refractivity (Wildman–Crippen MR) is 115 cm³/mol. The van der Waals surface area contributed by atoms with E-state index in [4.69, 9.17) is 5.21 Å². The van der Waals surface area contributed by atoms with Crippen molar-refractivity contribution in [3.63, 3.8) is 0 Å². The molecule has 0 bridgehead atoms. The van der Waals surface area contributed by atoms with Gasteiger partial charge in [0.1, 0.15) is 0 Å². The zero-order chi connectivity index (χ0) is 21.9. The fourth-order valence-corrected chi connectivity index (χ4v) is 5.72. The van der Waals surface area contributed by atoms with E-state index in [1.165, 1.54) is 17.6 Å². The lowest BCUT2D eigenvalue weighted by Crippen LogP contribution is -2.44. The number of fused-ring (bicyclic) bond motifs is 1. The van der Waals surface area contributed by atoms with Gasteiger partial charge in [0.2, 0.25) is 5.91 Å². The van der Waals surface area contributed by atoms with Crippen molar-refractivity contribution in [3.8, 4) is 0 Å². The van der Waals surface area contributed by atoms with Crippen LogP contribution in [0.4, 0.5) is 5.69 Å². The van der Waals surface area contributed by atoms with Crippen molar-refractivity contribution in [3.05, 3.63) is 58.1 Å². The van der Waals surface area contributed by atoms with Crippen molar-refractivity contribution >= 4 is 43.3 Å². The van der Waals surface area contributed by atoms with Gasteiger partial charge in [-0.25, -0.2) is 13.9 Å². The number of anilines is 1. The van der Waals surface area contributed by atoms with Crippen molar-refractivity contribution < 1.29 is 23.2 Å². The van der Waals surface area contributed by atoms with Crippen LogP contribution in [-0.4, -0.2) is 43.8 Å². The van der Waals surface area contributed by atoms with Crippen molar-refractivity contribution in [1.29, 1.82) is 0 Å². The average Bonchev–Trinajstić information content (AvgIpc) is 2.73. The molecule has 1 aliphatic heterocycles. The standard InChI is InChI=1S/C20H22BrN3O5S/c1-2-24-12-16(10-19(25)23-27)30(28,29)18-7-6-14(9-17(18)24)20(26)22-11-13-4-3-5-15(21)8-13/h3-9,16,27H,2,10-12H2,1H3,(H,22,26)(H,23,25). The lowest BCUT2D eigenvalue weighted by molar-refractivity contribution is -0.129. The highest BCUT2D eigenvalue weighted by Gasteiger charge is 2.38. The Morgan fingerprint density at radius 3 is 2.67 bits per heavy atom.